The molecule has 5 heteroatoms. The number of hydrogen-bond donors (Lipinski definition) is 1. The molecule has 84 valence electrons. The normalized spacial score (nSPS) is 10.4. The van der Waals surface area contributed by atoms with Crippen LogP contribution in [0.5, 0.6) is 11.5 Å². The van der Waals surface area contributed by atoms with Gasteiger partial charge in [-0.25, -0.2) is 4.79 Å². The average Bonchev–Trinajstić information content (AvgIpc) is 2.67. The van der Waals surface area contributed by atoms with Gasteiger partial charge in [-0.3, -0.25) is 0 Å². The molecule has 0 aliphatic heterocycles. The quantitative estimate of drug-likeness (QED) is 0.893. The summed E-state index contributed by atoms with van der Waals surface area (Å²) in [6.45, 7) is 0. The molecule has 0 saturated heterocycles. The van der Waals surface area contributed by atoms with Gasteiger partial charge in [-0.15, -0.1) is 11.3 Å². The molecule has 0 aliphatic rings. The van der Waals surface area contributed by atoms with Gasteiger partial charge < -0.3 is 14.6 Å². The zero-order chi connectivity index (χ0) is 11.7. The van der Waals surface area contributed by atoms with E-state index in [1.54, 1.807) is 13.2 Å². The van der Waals surface area contributed by atoms with Crippen LogP contribution < -0.4 is 9.47 Å². The summed E-state index contributed by atoms with van der Waals surface area (Å²) < 4.78 is 11.2. The SMILES string of the molecule is COc1cccc2sc(C(=O)O)c(OC)c12. The molecule has 0 spiro atoms. The Bertz CT molecular complexity index is 544. The second-order valence-electron chi connectivity index (χ2n) is 3.10. The first kappa shape index (κ1) is 10.8. The zero-order valence-electron chi connectivity index (χ0n) is 8.81. The van der Waals surface area contributed by atoms with Crippen molar-refractivity contribution in [2.75, 3.05) is 14.2 Å². The third kappa shape index (κ3) is 1.49. The molecular weight excluding hydrogens is 228 g/mol. The fourth-order valence-electron chi connectivity index (χ4n) is 1.60. The molecule has 1 aromatic heterocycles. The minimum absolute atomic E-state index is 0.196. The molecule has 1 heterocycles. The van der Waals surface area contributed by atoms with Gasteiger partial charge in [0, 0.05) is 4.70 Å². The van der Waals surface area contributed by atoms with Crippen LogP contribution in [-0.2, 0) is 0 Å². The third-order valence-electron chi connectivity index (χ3n) is 2.25. The second kappa shape index (κ2) is 4.02. The largest absolute Gasteiger partial charge is 0.496 e. The minimum atomic E-state index is -0.986. The Morgan fingerprint density at radius 1 is 1.31 bits per heavy atom. The van der Waals surface area contributed by atoms with E-state index in [2.05, 4.69) is 0 Å². The van der Waals surface area contributed by atoms with Crippen LogP contribution in [0.3, 0.4) is 0 Å². The summed E-state index contributed by atoms with van der Waals surface area (Å²) in [6, 6.07) is 5.45. The molecule has 0 fully saturated rings. The van der Waals surface area contributed by atoms with Crippen LogP contribution in [0.25, 0.3) is 10.1 Å². The van der Waals surface area contributed by atoms with Crippen molar-refractivity contribution in [2.45, 2.75) is 0 Å². The highest BCUT2D eigenvalue weighted by molar-refractivity contribution is 7.21. The Hall–Kier alpha value is -1.75. The molecule has 0 aliphatic carbocycles. The minimum Gasteiger partial charge on any atom is -0.496 e. The Labute approximate surface area is 96.0 Å². The highest BCUT2D eigenvalue weighted by atomic mass is 32.1. The molecule has 0 radical (unpaired) electrons. The van der Waals surface area contributed by atoms with Gasteiger partial charge in [-0.1, -0.05) is 6.07 Å². The summed E-state index contributed by atoms with van der Waals surface area (Å²) in [5.41, 5.74) is 0. The summed E-state index contributed by atoms with van der Waals surface area (Å²) >= 11 is 1.18. The number of ether oxygens (including phenoxy) is 2. The van der Waals surface area contributed by atoms with E-state index in [9.17, 15) is 4.79 Å². The van der Waals surface area contributed by atoms with E-state index in [0.29, 0.717) is 11.5 Å². The van der Waals surface area contributed by atoms with Crippen molar-refractivity contribution in [1.29, 1.82) is 0 Å². The molecule has 0 saturated carbocycles. The van der Waals surface area contributed by atoms with E-state index in [-0.39, 0.29) is 4.88 Å². The number of aromatic carboxylic acids is 1. The van der Waals surface area contributed by atoms with E-state index in [0.717, 1.165) is 10.1 Å². The van der Waals surface area contributed by atoms with E-state index in [1.807, 2.05) is 12.1 Å². The van der Waals surface area contributed by atoms with Crippen molar-refractivity contribution in [3.63, 3.8) is 0 Å². The van der Waals surface area contributed by atoms with Crippen LogP contribution in [0.1, 0.15) is 9.67 Å². The number of methoxy groups -OCH3 is 2. The van der Waals surface area contributed by atoms with Crippen molar-refractivity contribution in [3.05, 3.63) is 23.1 Å². The molecular formula is C11H10O4S. The summed E-state index contributed by atoms with van der Waals surface area (Å²) in [5, 5.41) is 9.77. The number of carbonyl (C=O) groups is 1. The van der Waals surface area contributed by atoms with Gasteiger partial charge in [0.05, 0.1) is 19.6 Å². The Morgan fingerprint density at radius 3 is 2.62 bits per heavy atom. The van der Waals surface area contributed by atoms with Gasteiger partial charge in [0.1, 0.15) is 5.75 Å². The van der Waals surface area contributed by atoms with Crippen molar-refractivity contribution >= 4 is 27.4 Å². The number of carboxylic acids is 1. The highest BCUT2D eigenvalue weighted by Crippen LogP contribution is 2.42. The van der Waals surface area contributed by atoms with Gasteiger partial charge in [-0.05, 0) is 12.1 Å². The number of thiophene rings is 1. The number of carboxylic acid groups (broad SMARTS) is 1. The second-order valence-corrected chi connectivity index (χ2v) is 4.16. The van der Waals surface area contributed by atoms with E-state index < -0.39 is 5.97 Å². The number of hydrogen-bond acceptors (Lipinski definition) is 4. The van der Waals surface area contributed by atoms with Crippen LogP contribution in [-0.4, -0.2) is 25.3 Å². The predicted molar refractivity (Wildman–Crippen MR) is 61.9 cm³/mol. The van der Waals surface area contributed by atoms with Gasteiger partial charge in [-0.2, -0.15) is 0 Å². The molecule has 1 N–H and O–H groups in total. The van der Waals surface area contributed by atoms with Crippen LogP contribution >= 0.6 is 11.3 Å². The molecule has 0 amide bonds. The lowest BCUT2D eigenvalue weighted by molar-refractivity contribution is 0.0699. The third-order valence-corrected chi connectivity index (χ3v) is 3.38. The Balaban J connectivity index is 2.83. The first-order valence-corrected chi connectivity index (χ1v) is 5.37. The molecule has 0 bridgehead atoms. The highest BCUT2D eigenvalue weighted by Gasteiger charge is 2.20. The van der Waals surface area contributed by atoms with Crippen molar-refractivity contribution in [2.24, 2.45) is 0 Å². The number of benzene rings is 1. The molecule has 16 heavy (non-hydrogen) atoms. The van der Waals surface area contributed by atoms with Crippen LogP contribution in [0.15, 0.2) is 18.2 Å². The van der Waals surface area contributed by atoms with Gasteiger partial charge in [0.2, 0.25) is 0 Å². The molecule has 2 aromatic rings. The maximum absolute atomic E-state index is 11.0. The topological polar surface area (TPSA) is 55.8 Å². The summed E-state index contributed by atoms with van der Waals surface area (Å²) in [4.78, 5) is 11.2. The summed E-state index contributed by atoms with van der Waals surface area (Å²) in [6.07, 6.45) is 0. The Morgan fingerprint density at radius 2 is 2.06 bits per heavy atom. The fraction of sp³-hybridized carbons (Fsp3) is 0.182. The van der Waals surface area contributed by atoms with Gasteiger partial charge in [0.25, 0.3) is 0 Å². The first-order chi connectivity index (χ1) is 7.69. The number of rotatable bonds is 3. The molecule has 0 atom stereocenters. The van der Waals surface area contributed by atoms with Crippen LogP contribution in [0.2, 0.25) is 0 Å². The van der Waals surface area contributed by atoms with Crippen molar-refractivity contribution in [3.8, 4) is 11.5 Å². The molecule has 1 aromatic carbocycles. The maximum Gasteiger partial charge on any atom is 0.349 e. The standard InChI is InChI=1S/C11H10O4S/c1-14-6-4-3-5-7-8(6)9(15-2)10(16-7)11(12)13/h3-5H,1-2H3,(H,12,13). The van der Waals surface area contributed by atoms with E-state index in [4.69, 9.17) is 14.6 Å². The monoisotopic (exact) mass is 238 g/mol. The predicted octanol–water partition coefficient (Wildman–Crippen LogP) is 2.62. The summed E-state index contributed by atoms with van der Waals surface area (Å²) in [5.74, 6) is 0.00292. The lowest BCUT2D eigenvalue weighted by Gasteiger charge is -2.04. The van der Waals surface area contributed by atoms with Crippen molar-refractivity contribution in [1.82, 2.24) is 0 Å². The van der Waals surface area contributed by atoms with Crippen molar-refractivity contribution < 1.29 is 19.4 Å². The van der Waals surface area contributed by atoms with Crippen LogP contribution in [0, 0.1) is 0 Å². The zero-order valence-corrected chi connectivity index (χ0v) is 9.63. The first-order valence-electron chi connectivity index (χ1n) is 4.55. The Kier molecular flexibility index (Phi) is 2.70. The van der Waals surface area contributed by atoms with Gasteiger partial charge in [0.15, 0.2) is 10.6 Å². The lowest BCUT2D eigenvalue weighted by atomic mass is 10.2. The number of fused-ring (bicyclic) bond motifs is 1. The van der Waals surface area contributed by atoms with E-state index in [1.165, 1.54) is 18.4 Å². The van der Waals surface area contributed by atoms with E-state index >= 15 is 0 Å². The van der Waals surface area contributed by atoms with Gasteiger partial charge >= 0.3 is 5.97 Å². The maximum atomic E-state index is 11.0. The lowest BCUT2D eigenvalue weighted by Crippen LogP contribution is -1.95. The molecule has 2 rings (SSSR count). The average molecular weight is 238 g/mol. The smallest absolute Gasteiger partial charge is 0.349 e. The fourth-order valence-corrected chi connectivity index (χ4v) is 2.62. The molecule has 0 unspecified atom stereocenters. The molecule has 4 nitrogen and oxygen atoms in total. The summed E-state index contributed by atoms with van der Waals surface area (Å²) in [7, 11) is 3.01. The van der Waals surface area contributed by atoms with Crippen LogP contribution in [0.4, 0.5) is 0 Å².